The minimum atomic E-state index is -0.321. The van der Waals surface area contributed by atoms with Gasteiger partial charge < -0.3 is 5.32 Å². The fourth-order valence-corrected chi connectivity index (χ4v) is 3.15. The standard InChI is InChI=1S/C19H16FN3O/c20-16-8-4-2-6-13(16)11-21-19(24)18-15-10-9-12-5-1-3-7-14(12)17(15)22-23-18/h1-8H,9-11H2,(H,21,24)(H,22,23). The zero-order valence-electron chi connectivity index (χ0n) is 13.0. The zero-order valence-corrected chi connectivity index (χ0v) is 13.0. The molecule has 3 aromatic rings. The largest absolute Gasteiger partial charge is 0.347 e. The van der Waals surface area contributed by atoms with E-state index in [0.29, 0.717) is 11.3 Å². The van der Waals surface area contributed by atoms with Crippen LogP contribution in [0.5, 0.6) is 0 Å². The Labute approximate surface area is 138 Å². The van der Waals surface area contributed by atoms with Crippen LogP contribution in [0.15, 0.2) is 48.5 Å². The molecule has 1 amide bonds. The molecule has 2 N–H and O–H groups in total. The van der Waals surface area contributed by atoms with Crippen molar-refractivity contribution in [3.8, 4) is 11.3 Å². The molecule has 0 saturated carbocycles. The Hall–Kier alpha value is -2.95. The van der Waals surface area contributed by atoms with E-state index in [4.69, 9.17) is 0 Å². The van der Waals surface area contributed by atoms with E-state index in [1.807, 2.05) is 18.2 Å². The predicted octanol–water partition coefficient (Wildman–Crippen LogP) is 3.24. The number of aromatic amines is 1. The number of aromatic nitrogens is 2. The fourth-order valence-electron chi connectivity index (χ4n) is 3.15. The third kappa shape index (κ3) is 2.48. The van der Waals surface area contributed by atoms with Crippen molar-refractivity contribution in [1.29, 1.82) is 0 Å². The van der Waals surface area contributed by atoms with Crippen molar-refractivity contribution in [3.05, 3.63) is 76.7 Å². The third-order valence-corrected chi connectivity index (χ3v) is 4.41. The molecule has 24 heavy (non-hydrogen) atoms. The molecule has 0 spiro atoms. The van der Waals surface area contributed by atoms with E-state index >= 15 is 0 Å². The number of amides is 1. The average Bonchev–Trinajstić information content (AvgIpc) is 3.05. The molecule has 5 heteroatoms. The van der Waals surface area contributed by atoms with Crippen molar-refractivity contribution >= 4 is 5.91 Å². The second-order valence-corrected chi connectivity index (χ2v) is 5.86. The van der Waals surface area contributed by atoms with E-state index in [0.717, 1.165) is 29.7 Å². The van der Waals surface area contributed by atoms with Crippen LogP contribution in [0.2, 0.25) is 0 Å². The van der Waals surface area contributed by atoms with Gasteiger partial charge in [-0.3, -0.25) is 9.89 Å². The van der Waals surface area contributed by atoms with Crippen LogP contribution in [0.1, 0.15) is 27.2 Å². The molecule has 4 rings (SSSR count). The number of halogens is 1. The summed E-state index contributed by atoms with van der Waals surface area (Å²) >= 11 is 0. The summed E-state index contributed by atoms with van der Waals surface area (Å²) in [5.41, 5.74) is 5.02. The van der Waals surface area contributed by atoms with E-state index in [2.05, 4.69) is 21.6 Å². The van der Waals surface area contributed by atoms with E-state index < -0.39 is 0 Å². The fraction of sp³-hybridized carbons (Fsp3) is 0.158. The van der Waals surface area contributed by atoms with Gasteiger partial charge in [-0.2, -0.15) is 5.10 Å². The van der Waals surface area contributed by atoms with E-state index in [9.17, 15) is 9.18 Å². The van der Waals surface area contributed by atoms with Crippen molar-refractivity contribution in [1.82, 2.24) is 15.5 Å². The summed E-state index contributed by atoms with van der Waals surface area (Å²) in [7, 11) is 0. The molecular weight excluding hydrogens is 305 g/mol. The number of carbonyl (C=O) groups excluding carboxylic acids is 1. The summed E-state index contributed by atoms with van der Waals surface area (Å²) in [6.07, 6.45) is 1.65. The van der Waals surface area contributed by atoms with Crippen LogP contribution in [0.25, 0.3) is 11.3 Å². The molecule has 0 saturated heterocycles. The third-order valence-electron chi connectivity index (χ3n) is 4.41. The molecule has 0 radical (unpaired) electrons. The van der Waals surface area contributed by atoms with Crippen molar-refractivity contribution in [2.75, 3.05) is 0 Å². The van der Waals surface area contributed by atoms with E-state index in [1.54, 1.807) is 18.2 Å². The summed E-state index contributed by atoms with van der Waals surface area (Å²) in [5, 5.41) is 9.95. The van der Waals surface area contributed by atoms with Crippen molar-refractivity contribution < 1.29 is 9.18 Å². The Morgan fingerprint density at radius 3 is 2.79 bits per heavy atom. The Morgan fingerprint density at radius 2 is 1.92 bits per heavy atom. The molecule has 1 aromatic heterocycles. The van der Waals surface area contributed by atoms with Crippen LogP contribution in [0, 0.1) is 5.82 Å². The molecule has 120 valence electrons. The normalized spacial score (nSPS) is 12.4. The lowest BCUT2D eigenvalue weighted by atomic mass is 9.89. The lowest BCUT2D eigenvalue weighted by Gasteiger charge is -2.15. The number of fused-ring (bicyclic) bond motifs is 3. The second kappa shape index (κ2) is 5.92. The van der Waals surface area contributed by atoms with E-state index in [-0.39, 0.29) is 18.3 Å². The monoisotopic (exact) mass is 321 g/mol. The highest BCUT2D eigenvalue weighted by atomic mass is 19.1. The van der Waals surface area contributed by atoms with Crippen LogP contribution in [-0.4, -0.2) is 16.1 Å². The maximum Gasteiger partial charge on any atom is 0.269 e. The van der Waals surface area contributed by atoms with Crippen LogP contribution < -0.4 is 5.32 Å². The maximum atomic E-state index is 13.6. The Bertz CT molecular complexity index is 916. The first-order chi connectivity index (χ1) is 11.7. The molecule has 0 bridgehead atoms. The first kappa shape index (κ1) is 14.6. The Balaban J connectivity index is 1.57. The topological polar surface area (TPSA) is 57.8 Å². The lowest BCUT2D eigenvalue weighted by molar-refractivity contribution is 0.0944. The number of H-pyrrole nitrogens is 1. The van der Waals surface area contributed by atoms with Gasteiger partial charge in [0.15, 0.2) is 0 Å². The zero-order chi connectivity index (χ0) is 16.5. The minimum Gasteiger partial charge on any atom is -0.347 e. The van der Waals surface area contributed by atoms with Gasteiger partial charge in [-0.15, -0.1) is 0 Å². The van der Waals surface area contributed by atoms with Crippen molar-refractivity contribution in [3.63, 3.8) is 0 Å². The molecule has 0 atom stereocenters. The highest BCUT2D eigenvalue weighted by molar-refractivity contribution is 5.96. The van der Waals surface area contributed by atoms with Gasteiger partial charge in [0.2, 0.25) is 0 Å². The molecule has 1 heterocycles. The van der Waals surface area contributed by atoms with Crippen LogP contribution >= 0.6 is 0 Å². The molecule has 0 fully saturated rings. The average molecular weight is 321 g/mol. The number of hydrogen-bond donors (Lipinski definition) is 2. The number of aryl methyl sites for hydroxylation is 1. The summed E-state index contributed by atoms with van der Waals surface area (Å²) in [6, 6.07) is 14.5. The van der Waals surface area contributed by atoms with Gasteiger partial charge in [0.25, 0.3) is 5.91 Å². The quantitative estimate of drug-likeness (QED) is 0.778. The van der Waals surface area contributed by atoms with Gasteiger partial charge >= 0.3 is 0 Å². The number of rotatable bonds is 3. The Kier molecular flexibility index (Phi) is 3.61. The second-order valence-electron chi connectivity index (χ2n) is 5.86. The van der Waals surface area contributed by atoms with Crippen molar-refractivity contribution in [2.45, 2.75) is 19.4 Å². The molecule has 0 aliphatic heterocycles. The molecule has 1 aliphatic rings. The highest BCUT2D eigenvalue weighted by Crippen LogP contribution is 2.33. The number of hydrogen-bond acceptors (Lipinski definition) is 2. The summed E-state index contributed by atoms with van der Waals surface area (Å²) in [4.78, 5) is 12.5. The lowest BCUT2D eigenvalue weighted by Crippen LogP contribution is -2.25. The SMILES string of the molecule is O=C(NCc1ccccc1F)c1[nH]nc2c1CCc1ccccc1-2. The van der Waals surface area contributed by atoms with Crippen LogP contribution in [0.4, 0.5) is 4.39 Å². The summed E-state index contributed by atoms with van der Waals surface area (Å²) < 4.78 is 13.6. The molecule has 4 nitrogen and oxygen atoms in total. The van der Waals surface area contributed by atoms with Gasteiger partial charge in [0, 0.05) is 23.2 Å². The first-order valence-electron chi connectivity index (χ1n) is 7.91. The van der Waals surface area contributed by atoms with Gasteiger partial charge in [-0.05, 0) is 24.5 Å². The maximum absolute atomic E-state index is 13.6. The number of benzene rings is 2. The predicted molar refractivity (Wildman–Crippen MR) is 89.0 cm³/mol. The number of carbonyl (C=O) groups is 1. The van der Waals surface area contributed by atoms with E-state index in [1.165, 1.54) is 11.6 Å². The number of nitrogens with one attached hydrogen (secondary N) is 2. The van der Waals surface area contributed by atoms with Crippen LogP contribution in [0.3, 0.4) is 0 Å². The smallest absolute Gasteiger partial charge is 0.269 e. The molecular formula is C19H16FN3O. The molecule has 1 aliphatic carbocycles. The summed E-state index contributed by atoms with van der Waals surface area (Å²) in [5.74, 6) is -0.579. The van der Waals surface area contributed by atoms with Gasteiger partial charge in [0.1, 0.15) is 11.5 Å². The first-order valence-corrected chi connectivity index (χ1v) is 7.91. The minimum absolute atomic E-state index is 0.149. The van der Waals surface area contributed by atoms with Gasteiger partial charge in [-0.25, -0.2) is 4.39 Å². The number of nitrogens with zero attached hydrogens (tertiary/aromatic N) is 1. The molecule has 2 aromatic carbocycles. The van der Waals surface area contributed by atoms with Gasteiger partial charge in [0.05, 0.1) is 5.69 Å². The highest BCUT2D eigenvalue weighted by Gasteiger charge is 2.24. The molecule has 0 unspecified atom stereocenters. The van der Waals surface area contributed by atoms with Gasteiger partial charge in [-0.1, -0.05) is 42.5 Å². The van der Waals surface area contributed by atoms with Crippen LogP contribution in [-0.2, 0) is 19.4 Å². The Morgan fingerprint density at radius 1 is 1.12 bits per heavy atom. The van der Waals surface area contributed by atoms with Crippen molar-refractivity contribution in [2.24, 2.45) is 0 Å². The summed E-state index contributed by atoms with van der Waals surface area (Å²) in [6.45, 7) is 0.149.